The van der Waals surface area contributed by atoms with Crippen molar-refractivity contribution in [3.05, 3.63) is 59.7 Å². The van der Waals surface area contributed by atoms with Gasteiger partial charge in [0.05, 0.1) is 22.7 Å². The number of hydrogen-bond acceptors (Lipinski definition) is 3. The Hall–Kier alpha value is -2.80. The fraction of sp³-hybridized carbons (Fsp3) is 0.176. The number of benzene rings is 2. The molecular weight excluding hydrogens is 260 g/mol. The SMILES string of the molecule is N#Cc1ccc2nc(N)n(C3CC3c3ccccc3)c2c1. The van der Waals surface area contributed by atoms with Crippen molar-refractivity contribution in [3.8, 4) is 6.07 Å². The molecule has 21 heavy (non-hydrogen) atoms. The standard InChI is InChI=1S/C17H14N4/c18-10-11-6-7-14-16(8-11)21(17(19)20-14)15-9-13(15)12-4-2-1-3-5-12/h1-8,13,15H,9H2,(H2,19,20). The molecular formula is C17H14N4. The maximum atomic E-state index is 9.07. The van der Waals surface area contributed by atoms with E-state index in [9.17, 15) is 0 Å². The minimum Gasteiger partial charge on any atom is -0.369 e. The second-order valence-corrected chi connectivity index (χ2v) is 5.48. The molecule has 4 heteroatoms. The summed E-state index contributed by atoms with van der Waals surface area (Å²) >= 11 is 0. The van der Waals surface area contributed by atoms with E-state index < -0.39 is 0 Å². The Bertz CT molecular complexity index is 858. The van der Waals surface area contributed by atoms with E-state index in [2.05, 4.69) is 39.9 Å². The van der Waals surface area contributed by atoms with E-state index in [-0.39, 0.29) is 0 Å². The highest BCUT2D eigenvalue weighted by Gasteiger charge is 2.41. The minimum atomic E-state index is 0.339. The van der Waals surface area contributed by atoms with Gasteiger partial charge in [-0.2, -0.15) is 5.26 Å². The van der Waals surface area contributed by atoms with E-state index in [4.69, 9.17) is 11.0 Å². The molecule has 2 atom stereocenters. The first-order chi connectivity index (χ1) is 10.3. The molecule has 0 amide bonds. The lowest BCUT2D eigenvalue weighted by Gasteiger charge is -2.06. The summed E-state index contributed by atoms with van der Waals surface area (Å²) in [5.41, 5.74) is 9.87. The summed E-state index contributed by atoms with van der Waals surface area (Å²) in [6.07, 6.45) is 1.07. The molecule has 0 aliphatic heterocycles. The molecule has 0 radical (unpaired) electrons. The number of nitrogens with zero attached hydrogens (tertiary/aromatic N) is 3. The molecule has 1 aromatic heterocycles. The first-order valence-electron chi connectivity index (χ1n) is 7.00. The lowest BCUT2D eigenvalue weighted by Crippen LogP contribution is -2.02. The van der Waals surface area contributed by atoms with Gasteiger partial charge in [0.2, 0.25) is 5.95 Å². The molecule has 4 nitrogen and oxygen atoms in total. The number of anilines is 1. The molecule has 2 N–H and O–H groups in total. The number of nitrogens with two attached hydrogens (primary N) is 1. The van der Waals surface area contributed by atoms with Gasteiger partial charge >= 0.3 is 0 Å². The van der Waals surface area contributed by atoms with Gasteiger partial charge in [0.15, 0.2) is 0 Å². The monoisotopic (exact) mass is 274 g/mol. The number of fused-ring (bicyclic) bond motifs is 1. The zero-order valence-corrected chi connectivity index (χ0v) is 11.4. The third-order valence-corrected chi connectivity index (χ3v) is 4.16. The van der Waals surface area contributed by atoms with Crippen molar-refractivity contribution in [1.29, 1.82) is 5.26 Å². The number of rotatable bonds is 2. The van der Waals surface area contributed by atoms with Crippen molar-refractivity contribution < 1.29 is 0 Å². The van der Waals surface area contributed by atoms with Crippen LogP contribution in [0.3, 0.4) is 0 Å². The Morgan fingerprint density at radius 2 is 2.00 bits per heavy atom. The van der Waals surface area contributed by atoms with Crippen molar-refractivity contribution >= 4 is 17.0 Å². The lowest BCUT2D eigenvalue weighted by atomic mass is 10.1. The number of nitrogen functional groups attached to an aromatic ring is 1. The Labute approximate surface area is 122 Å². The fourth-order valence-corrected chi connectivity index (χ4v) is 3.06. The number of aromatic nitrogens is 2. The Morgan fingerprint density at radius 3 is 2.76 bits per heavy atom. The third kappa shape index (κ3) is 1.86. The molecule has 102 valence electrons. The van der Waals surface area contributed by atoms with E-state index in [1.165, 1.54) is 5.56 Å². The van der Waals surface area contributed by atoms with Crippen molar-refractivity contribution in [2.75, 3.05) is 5.73 Å². The second-order valence-electron chi connectivity index (χ2n) is 5.48. The Morgan fingerprint density at radius 1 is 1.19 bits per heavy atom. The number of imidazole rings is 1. The summed E-state index contributed by atoms with van der Waals surface area (Å²) in [5, 5.41) is 9.07. The van der Waals surface area contributed by atoms with Crippen LogP contribution in [0.5, 0.6) is 0 Å². The Kier molecular flexibility index (Phi) is 2.48. The number of hydrogen-bond donors (Lipinski definition) is 1. The average Bonchev–Trinajstić information content (AvgIpc) is 3.23. The van der Waals surface area contributed by atoms with Gasteiger partial charge < -0.3 is 10.3 Å². The normalized spacial score (nSPS) is 20.3. The van der Waals surface area contributed by atoms with Crippen LogP contribution in [0.2, 0.25) is 0 Å². The summed E-state index contributed by atoms with van der Waals surface area (Å²) < 4.78 is 2.08. The van der Waals surface area contributed by atoms with Gasteiger partial charge in [-0.05, 0) is 30.2 Å². The minimum absolute atomic E-state index is 0.339. The van der Waals surface area contributed by atoms with E-state index in [0.29, 0.717) is 23.5 Å². The lowest BCUT2D eigenvalue weighted by molar-refractivity contribution is 0.751. The summed E-state index contributed by atoms with van der Waals surface area (Å²) in [6.45, 7) is 0. The summed E-state index contributed by atoms with van der Waals surface area (Å²) in [7, 11) is 0. The van der Waals surface area contributed by atoms with Gasteiger partial charge in [0.25, 0.3) is 0 Å². The molecule has 1 heterocycles. The van der Waals surface area contributed by atoms with Gasteiger partial charge in [-0.1, -0.05) is 30.3 Å². The zero-order chi connectivity index (χ0) is 14.4. The maximum Gasteiger partial charge on any atom is 0.201 e. The van der Waals surface area contributed by atoms with E-state index in [1.54, 1.807) is 6.07 Å². The van der Waals surface area contributed by atoms with Crippen LogP contribution >= 0.6 is 0 Å². The maximum absolute atomic E-state index is 9.07. The molecule has 1 aliphatic rings. The fourth-order valence-electron chi connectivity index (χ4n) is 3.06. The van der Waals surface area contributed by atoms with Crippen LogP contribution in [-0.4, -0.2) is 9.55 Å². The van der Waals surface area contributed by atoms with Gasteiger partial charge in [-0.15, -0.1) is 0 Å². The molecule has 0 saturated heterocycles. The Balaban J connectivity index is 1.78. The molecule has 1 fully saturated rings. The van der Waals surface area contributed by atoms with E-state index in [1.807, 2.05) is 18.2 Å². The number of nitriles is 1. The first-order valence-corrected chi connectivity index (χ1v) is 7.00. The summed E-state index contributed by atoms with van der Waals surface area (Å²) in [4.78, 5) is 4.41. The second kappa shape index (κ2) is 4.35. The highest BCUT2D eigenvalue weighted by atomic mass is 15.2. The predicted molar refractivity (Wildman–Crippen MR) is 81.7 cm³/mol. The van der Waals surface area contributed by atoms with Crippen LogP contribution < -0.4 is 5.73 Å². The molecule has 0 bridgehead atoms. The smallest absolute Gasteiger partial charge is 0.201 e. The van der Waals surface area contributed by atoms with Crippen LogP contribution in [0.15, 0.2) is 48.5 Å². The first kappa shape index (κ1) is 12.0. The molecule has 1 aliphatic carbocycles. The van der Waals surface area contributed by atoms with Crippen molar-refractivity contribution in [2.24, 2.45) is 0 Å². The van der Waals surface area contributed by atoms with Crippen molar-refractivity contribution in [1.82, 2.24) is 9.55 Å². The highest BCUT2D eigenvalue weighted by molar-refractivity contribution is 5.80. The van der Waals surface area contributed by atoms with Crippen LogP contribution in [0.25, 0.3) is 11.0 Å². The van der Waals surface area contributed by atoms with E-state index >= 15 is 0 Å². The summed E-state index contributed by atoms with van der Waals surface area (Å²) in [5.74, 6) is 1.01. The molecule has 2 aromatic carbocycles. The highest BCUT2D eigenvalue weighted by Crippen LogP contribution is 2.53. The molecule has 2 unspecified atom stereocenters. The zero-order valence-electron chi connectivity index (χ0n) is 11.4. The van der Waals surface area contributed by atoms with Crippen LogP contribution in [0.4, 0.5) is 5.95 Å². The van der Waals surface area contributed by atoms with Gasteiger partial charge in [0.1, 0.15) is 0 Å². The predicted octanol–water partition coefficient (Wildman–Crippen LogP) is 3.22. The van der Waals surface area contributed by atoms with Crippen LogP contribution in [0, 0.1) is 11.3 Å². The van der Waals surface area contributed by atoms with Gasteiger partial charge in [-0.25, -0.2) is 4.98 Å². The van der Waals surface area contributed by atoms with Gasteiger partial charge in [-0.3, -0.25) is 0 Å². The largest absolute Gasteiger partial charge is 0.369 e. The van der Waals surface area contributed by atoms with Gasteiger partial charge in [0, 0.05) is 12.0 Å². The quantitative estimate of drug-likeness (QED) is 0.780. The summed E-state index contributed by atoms with van der Waals surface area (Å²) in [6, 6.07) is 18.5. The third-order valence-electron chi connectivity index (χ3n) is 4.16. The van der Waals surface area contributed by atoms with Crippen molar-refractivity contribution in [2.45, 2.75) is 18.4 Å². The van der Waals surface area contributed by atoms with Crippen LogP contribution in [0.1, 0.15) is 29.5 Å². The average molecular weight is 274 g/mol. The van der Waals surface area contributed by atoms with Crippen LogP contribution in [-0.2, 0) is 0 Å². The van der Waals surface area contributed by atoms with E-state index in [0.717, 1.165) is 17.5 Å². The molecule has 1 saturated carbocycles. The van der Waals surface area contributed by atoms with Crippen molar-refractivity contribution in [3.63, 3.8) is 0 Å². The molecule has 0 spiro atoms. The topological polar surface area (TPSA) is 67.6 Å². The molecule has 3 aromatic rings. The molecule has 4 rings (SSSR count).